The van der Waals surface area contributed by atoms with E-state index in [1.165, 1.54) is 0 Å². The van der Waals surface area contributed by atoms with Gasteiger partial charge in [-0.1, -0.05) is 27.2 Å². The van der Waals surface area contributed by atoms with Crippen LogP contribution in [0, 0.1) is 6.92 Å². The summed E-state index contributed by atoms with van der Waals surface area (Å²) in [5, 5.41) is 13.4. The molecule has 0 aromatic carbocycles. The van der Waals surface area contributed by atoms with Crippen LogP contribution in [0.3, 0.4) is 0 Å². The number of rotatable bonds is 6. The van der Waals surface area contributed by atoms with Crippen molar-refractivity contribution in [2.24, 2.45) is 0 Å². The topological polar surface area (TPSA) is 84.1 Å². The van der Waals surface area contributed by atoms with E-state index in [0.717, 1.165) is 24.2 Å². The third kappa shape index (κ3) is 4.35. The molecule has 0 saturated carbocycles. The third-order valence-corrected chi connectivity index (χ3v) is 3.14. The molecule has 1 unspecified atom stereocenters. The van der Waals surface area contributed by atoms with Gasteiger partial charge in [0, 0.05) is 18.0 Å². The van der Waals surface area contributed by atoms with Crippen LogP contribution in [0.1, 0.15) is 57.8 Å². The largest absolute Gasteiger partial charge is 0.388 e. The van der Waals surface area contributed by atoms with Crippen molar-refractivity contribution in [1.29, 1.82) is 0 Å². The molecule has 0 fully saturated rings. The maximum absolute atomic E-state index is 10.2. The summed E-state index contributed by atoms with van der Waals surface area (Å²) in [6, 6.07) is 0. The minimum absolute atomic E-state index is 0.222. The molecule has 108 valence electrons. The highest BCUT2D eigenvalue weighted by Gasteiger charge is 2.20. The van der Waals surface area contributed by atoms with Crippen LogP contribution >= 0.6 is 0 Å². The van der Waals surface area contributed by atoms with E-state index in [0.29, 0.717) is 18.2 Å². The van der Waals surface area contributed by atoms with Gasteiger partial charge in [0.15, 0.2) is 0 Å². The first-order valence-electron chi connectivity index (χ1n) is 6.87. The Labute approximate surface area is 115 Å². The Kier molecular flexibility index (Phi) is 5.11. The summed E-state index contributed by atoms with van der Waals surface area (Å²) in [7, 11) is 0. The molecule has 0 aliphatic heterocycles. The Hall–Kier alpha value is -1.36. The summed E-state index contributed by atoms with van der Waals surface area (Å²) in [5.74, 6) is 2.16. The van der Waals surface area contributed by atoms with E-state index in [4.69, 9.17) is 5.73 Å². The standard InChI is InChI=1S/C14H26N4O/c1-6-7-14(5,19)8-16-13-10(4)11(15)17-12(18-13)9(2)3/h9,19H,6-8H2,1-5H3,(H3,15,16,17,18). The molecule has 1 heterocycles. The predicted molar refractivity (Wildman–Crippen MR) is 79.3 cm³/mol. The zero-order chi connectivity index (χ0) is 14.6. The molecule has 1 atom stereocenters. The van der Waals surface area contributed by atoms with E-state index in [1.807, 2.05) is 27.7 Å². The summed E-state index contributed by atoms with van der Waals surface area (Å²) in [4.78, 5) is 8.76. The Morgan fingerprint density at radius 1 is 1.37 bits per heavy atom. The molecule has 0 aliphatic carbocycles. The van der Waals surface area contributed by atoms with Gasteiger partial charge in [-0.25, -0.2) is 9.97 Å². The van der Waals surface area contributed by atoms with Crippen LogP contribution in [0.2, 0.25) is 0 Å². The maximum atomic E-state index is 10.2. The number of hydrogen-bond acceptors (Lipinski definition) is 5. The molecule has 1 aromatic rings. The van der Waals surface area contributed by atoms with E-state index in [9.17, 15) is 5.11 Å². The highest BCUT2D eigenvalue weighted by atomic mass is 16.3. The SMILES string of the molecule is CCCC(C)(O)CNc1nc(C(C)C)nc(N)c1C. The minimum Gasteiger partial charge on any atom is -0.388 e. The van der Waals surface area contributed by atoms with Gasteiger partial charge in [0.1, 0.15) is 17.5 Å². The summed E-state index contributed by atoms with van der Waals surface area (Å²) in [6.07, 6.45) is 1.69. The van der Waals surface area contributed by atoms with E-state index in [2.05, 4.69) is 22.2 Å². The van der Waals surface area contributed by atoms with Crippen molar-refractivity contribution >= 4 is 11.6 Å². The molecule has 19 heavy (non-hydrogen) atoms. The van der Waals surface area contributed by atoms with Crippen molar-refractivity contribution in [3.63, 3.8) is 0 Å². The summed E-state index contributed by atoms with van der Waals surface area (Å²) >= 11 is 0. The number of aliphatic hydroxyl groups is 1. The van der Waals surface area contributed by atoms with Crippen LogP contribution in [0.5, 0.6) is 0 Å². The fourth-order valence-corrected chi connectivity index (χ4v) is 1.88. The molecule has 0 aliphatic rings. The van der Waals surface area contributed by atoms with Gasteiger partial charge in [0.2, 0.25) is 0 Å². The monoisotopic (exact) mass is 266 g/mol. The second kappa shape index (κ2) is 6.19. The first-order valence-corrected chi connectivity index (χ1v) is 6.87. The Bertz CT molecular complexity index is 430. The number of anilines is 2. The maximum Gasteiger partial charge on any atom is 0.135 e. The molecular formula is C14H26N4O. The van der Waals surface area contributed by atoms with Crippen molar-refractivity contribution in [3.8, 4) is 0 Å². The fraction of sp³-hybridized carbons (Fsp3) is 0.714. The average Bonchev–Trinajstić information content (AvgIpc) is 2.30. The molecule has 1 aromatic heterocycles. The minimum atomic E-state index is -0.737. The van der Waals surface area contributed by atoms with Crippen LogP contribution in [0.15, 0.2) is 0 Å². The molecule has 0 amide bonds. The lowest BCUT2D eigenvalue weighted by atomic mass is 10.0. The molecule has 0 radical (unpaired) electrons. The first kappa shape index (κ1) is 15.7. The number of hydrogen-bond donors (Lipinski definition) is 3. The van der Waals surface area contributed by atoms with Gasteiger partial charge in [-0.3, -0.25) is 0 Å². The quantitative estimate of drug-likeness (QED) is 0.736. The lowest BCUT2D eigenvalue weighted by molar-refractivity contribution is 0.0636. The average molecular weight is 266 g/mol. The van der Waals surface area contributed by atoms with Crippen LogP contribution < -0.4 is 11.1 Å². The van der Waals surface area contributed by atoms with Crippen molar-refractivity contribution in [2.45, 2.75) is 59.0 Å². The number of aromatic nitrogens is 2. The van der Waals surface area contributed by atoms with Gasteiger partial charge in [0.25, 0.3) is 0 Å². The van der Waals surface area contributed by atoms with Gasteiger partial charge in [0.05, 0.1) is 5.60 Å². The molecule has 5 nitrogen and oxygen atoms in total. The summed E-state index contributed by atoms with van der Waals surface area (Å²) < 4.78 is 0. The fourth-order valence-electron chi connectivity index (χ4n) is 1.88. The highest BCUT2D eigenvalue weighted by Crippen LogP contribution is 2.22. The number of nitrogens with zero attached hydrogens (tertiary/aromatic N) is 2. The lowest BCUT2D eigenvalue weighted by Gasteiger charge is -2.24. The van der Waals surface area contributed by atoms with Gasteiger partial charge in [-0.05, 0) is 20.3 Å². The van der Waals surface area contributed by atoms with Gasteiger partial charge >= 0.3 is 0 Å². The van der Waals surface area contributed by atoms with Crippen molar-refractivity contribution in [2.75, 3.05) is 17.6 Å². The molecular weight excluding hydrogens is 240 g/mol. The first-order chi connectivity index (χ1) is 8.76. The summed E-state index contributed by atoms with van der Waals surface area (Å²) in [6.45, 7) is 10.3. The number of nitrogen functional groups attached to an aromatic ring is 1. The molecule has 0 spiro atoms. The van der Waals surface area contributed by atoms with Crippen LogP contribution in [-0.2, 0) is 0 Å². The second-order valence-electron chi connectivity index (χ2n) is 5.70. The Morgan fingerprint density at radius 2 is 2.00 bits per heavy atom. The highest BCUT2D eigenvalue weighted by molar-refractivity contribution is 5.55. The smallest absolute Gasteiger partial charge is 0.135 e. The molecule has 4 N–H and O–H groups in total. The molecule has 5 heteroatoms. The van der Waals surface area contributed by atoms with Crippen molar-refractivity contribution < 1.29 is 5.11 Å². The molecule has 1 rings (SSSR count). The van der Waals surface area contributed by atoms with E-state index in [-0.39, 0.29) is 5.92 Å². The van der Waals surface area contributed by atoms with E-state index < -0.39 is 5.60 Å². The molecule has 0 bridgehead atoms. The zero-order valence-electron chi connectivity index (χ0n) is 12.6. The van der Waals surface area contributed by atoms with Gasteiger partial charge in [-0.2, -0.15) is 0 Å². The lowest BCUT2D eigenvalue weighted by Crippen LogP contribution is -2.33. The number of nitrogens with one attached hydrogen (secondary N) is 1. The van der Waals surface area contributed by atoms with Crippen molar-refractivity contribution in [3.05, 3.63) is 11.4 Å². The Morgan fingerprint density at radius 3 is 2.53 bits per heavy atom. The predicted octanol–water partition coefficient (Wildman–Crippen LogP) is 2.45. The van der Waals surface area contributed by atoms with E-state index >= 15 is 0 Å². The van der Waals surface area contributed by atoms with Crippen molar-refractivity contribution in [1.82, 2.24) is 9.97 Å². The summed E-state index contributed by atoms with van der Waals surface area (Å²) in [5.41, 5.74) is 6.00. The van der Waals surface area contributed by atoms with Crippen LogP contribution in [0.4, 0.5) is 11.6 Å². The van der Waals surface area contributed by atoms with E-state index in [1.54, 1.807) is 0 Å². The number of nitrogens with two attached hydrogens (primary N) is 1. The third-order valence-electron chi connectivity index (χ3n) is 3.14. The normalized spacial score (nSPS) is 14.5. The molecule has 0 saturated heterocycles. The zero-order valence-corrected chi connectivity index (χ0v) is 12.6. The Balaban J connectivity index is 2.88. The second-order valence-corrected chi connectivity index (χ2v) is 5.70. The van der Waals surface area contributed by atoms with Gasteiger partial charge in [-0.15, -0.1) is 0 Å². The van der Waals surface area contributed by atoms with Crippen LogP contribution in [0.25, 0.3) is 0 Å². The van der Waals surface area contributed by atoms with Gasteiger partial charge < -0.3 is 16.2 Å². The van der Waals surface area contributed by atoms with Crippen LogP contribution in [-0.4, -0.2) is 27.2 Å².